The van der Waals surface area contributed by atoms with E-state index >= 15 is 0 Å². The Kier molecular flexibility index (Phi) is 4.84. The third kappa shape index (κ3) is 3.26. The van der Waals surface area contributed by atoms with Crippen LogP contribution in [0.2, 0.25) is 0 Å². The molecule has 0 spiro atoms. The summed E-state index contributed by atoms with van der Waals surface area (Å²) < 4.78 is 5.38. The quantitative estimate of drug-likeness (QED) is 0.871. The zero-order chi connectivity index (χ0) is 14.7. The maximum absolute atomic E-state index is 5.38. The van der Waals surface area contributed by atoms with Gasteiger partial charge >= 0.3 is 0 Å². The van der Waals surface area contributed by atoms with Crippen molar-refractivity contribution in [3.05, 3.63) is 29.3 Å². The molecule has 0 bridgehead atoms. The lowest BCUT2D eigenvalue weighted by molar-refractivity contribution is 0.229. The Labute approximate surface area is 129 Å². The van der Waals surface area contributed by atoms with Crippen LogP contribution in [0.15, 0.2) is 18.2 Å². The number of rotatable bonds is 4. The van der Waals surface area contributed by atoms with E-state index in [1.54, 1.807) is 7.11 Å². The molecule has 1 N–H and O–H groups in total. The minimum Gasteiger partial charge on any atom is -0.497 e. The molecule has 1 fully saturated rings. The first kappa shape index (κ1) is 14.9. The first-order valence-corrected chi connectivity index (χ1v) is 8.74. The molecule has 0 heterocycles. The van der Waals surface area contributed by atoms with Gasteiger partial charge in [-0.25, -0.2) is 0 Å². The summed E-state index contributed by atoms with van der Waals surface area (Å²) in [4.78, 5) is 0. The number of nitrogens with one attached hydrogen (secondary N) is 1. The van der Waals surface area contributed by atoms with Crippen molar-refractivity contribution in [1.82, 2.24) is 5.32 Å². The second-order valence-corrected chi connectivity index (χ2v) is 6.74. The molecule has 2 nitrogen and oxygen atoms in total. The molecule has 2 aliphatic rings. The van der Waals surface area contributed by atoms with Crippen molar-refractivity contribution >= 4 is 0 Å². The summed E-state index contributed by atoms with van der Waals surface area (Å²) in [6.07, 6.45) is 10.7. The first-order chi connectivity index (χ1) is 10.3. The van der Waals surface area contributed by atoms with Crippen molar-refractivity contribution < 1.29 is 4.74 Å². The van der Waals surface area contributed by atoms with E-state index in [1.807, 2.05) is 0 Å². The Morgan fingerprint density at radius 1 is 1.14 bits per heavy atom. The van der Waals surface area contributed by atoms with Gasteiger partial charge in [0.05, 0.1) is 7.11 Å². The van der Waals surface area contributed by atoms with Gasteiger partial charge in [-0.2, -0.15) is 0 Å². The van der Waals surface area contributed by atoms with Crippen molar-refractivity contribution in [1.29, 1.82) is 0 Å². The summed E-state index contributed by atoms with van der Waals surface area (Å²) in [5, 5.41) is 4.01. The largest absolute Gasteiger partial charge is 0.497 e. The monoisotopic (exact) mass is 287 g/mol. The van der Waals surface area contributed by atoms with Crippen molar-refractivity contribution in [3.63, 3.8) is 0 Å². The van der Waals surface area contributed by atoms with Gasteiger partial charge < -0.3 is 10.1 Å². The summed E-state index contributed by atoms with van der Waals surface area (Å²) in [7, 11) is 1.76. The lowest BCUT2D eigenvalue weighted by Crippen LogP contribution is -2.41. The van der Waals surface area contributed by atoms with Crippen LogP contribution in [0.5, 0.6) is 5.75 Å². The number of benzene rings is 1. The van der Waals surface area contributed by atoms with Crippen molar-refractivity contribution in [2.24, 2.45) is 5.92 Å². The minimum atomic E-state index is 0.553. The Balaban J connectivity index is 1.75. The predicted molar refractivity (Wildman–Crippen MR) is 87.8 cm³/mol. The Morgan fingerprint density at radius 3 is 2.81 bits per heavy atom. The number of methoxy groups -OCH3 is 1. The van der Waals surface area contributed by atoms with Gasteiger partial charge in [-0.05, 0) is 61.3 Å². The summed E-state index contributed by atoms with van der Waals surface area (Å²) >= 11 is 0. The summed E-state index contributed by atoms with van der Waals surface area (Å²) in [5.41, 5.74) is 3.00. The average Bonchev–Trinajstić information content (AvgIpc) is 2.55. The fraction of sp³-hybridized carbons (Fsp3) is 0.684. The molecule has 1 aromatic carbocycles. The van der Waals surface area contributed by atoms with Crippen LogP contribution in [0.25, 0.3) is 0 Å². The Hall–Kier alpha value is -1.02. The molecule has 116 valence electrons. The van der Waals surface area contributed by atoms with Gasteiger partial charge in [-0.1, -0.05) is 32.3 Å². The maximum Gasteiger partial charge on any atom is 0.119 e. The standard InChI is InChI=1S/C19H29NO/c1-3-14-7-4-5-9-18(14)20-19-10-6-8-15-13-16(21-2)11-12-17(15)19/h11-14,18-20H,3-10H2,1-2H3. The lowest BCUT2D eigenvalue weighted by atomic mass is 9.80. The molecule has 1 aromatic rings. The zero-order valence-corrected chi connectivity index (χ0v) is 13.5. The molecule has 0 amide bonds. The van der Waals surface area contributed by atoms with Crippen molar-refractivity contribution in [2.45, 2.75) is 70.4 Å². The highest BCUT2D eigenvalue weighted by Crippen LogP contribution is 2.35. The average molecular weight is 287 g/mol. The van der Waals surface area contributed by atoms with E-state index in [9.17, 15) is 0 Å². The number of fused-ring (bicyclic) bond motifs is 1. The van der Waals surface area contributed by atoms with E-state index in [0.29, 0.717) is 6.04 Å². The molecule has 3 atom stereocenters. The van der Waals surface area contributed by atoms with Crippen LogP contribution in [-0.4, -0.2) is 13.2 Å². The predicted octanol–water partition coefficient (Wildman–Crippen LogP) is 4.63. The molecule has 3 rings (SSSR count). The molecule has 0 aliphatic heterocycles. The summed E-state index contributed by atoms with van der Waals surface area (Å²) in [6, 6.07) is 7.92. The second kappa shape index (κ2) is 6.83. The molecule has 2 aliphatic carbocycles. The normalized spacial score (nSPS) is 29.0. The van der Waals surface area contributed by atoms with Gasteiger partial charge in [0.1, 0.15) is 5.75 Å². The van der Waals surface area contributed by atoms with Gasteiger partial charge in [-0.15, -0.1) is 0 Å². The topological polar surface area (TPSA) is 21.3 Å². The number of hydrogen-bond acceptors (Lipinski definition) is 2. The van der Waals surface area contributed by atoms with Crippen molar-refractivity contribution in [2.75, 3.05) is 7.11 Å². The van der Waals surface area contributed by atoms with Crippen LogP contribution in [0.1, 0.15) is 69.0 Å². The van der Waals surface area contributed by atoms with Crippen LogP contribution in [0.3, 0.4) is 0 Å². The fourth-order valence-corrected chi connectivity index (χ4v) is 4.26. The molecule has 0 aromatic heterocycles. The molecule has 3 unspecified atom stereocenters. The third-order valence-electron chi connectivity index (χ3n) is 5.51. The van der Waals surface area contributed by atoms with Crippen LogP contribution < -0.4 is 10.1 Å². The van der Waals surface area contributed by atoms with Crippen molar-refractivity contribution in [3.8, 4) is 5.75 Å². The van der Waals surface area contributed by atoms with Crippen LogP contribution >= 0.6 is 0 Å². The molecule has 1 saturated carbocycles. The van der Waals surface area contributed by atoms with Gasteiger partial charge in [0.15, 0.2) is 0 Å². The third-order valence-corrected chi connectivity index (χ3v) is 5.51. The highest BCUT2D eigenvalue weighted by molar-refractivity contribution is 5.39. The van der Waals surface area contributed by atoms with E-state index < -0.39 is 0 Å². The first-order valence-electron chi connectivity index (χ1n) is 8.74. The minimum absolute atomic E-state index is 0.553. The van der Waals surface area contributed by atoms with E-state index in [0.717, 1.165) is 17.7 Å². The molecule has 0 saturated heterocycles. The zero-order valence-electron chi connectivity index (χ0n) is 13.5. The molecule has 21 heavy (non-hydrogen) atoms. The fourth-order valence-electron chi connectivity index (χ4n) is 4.26. The van der Waals surface area contributed by atoms with E-state index in [2.05, 4.69) is 30.4 Å². The highest BCUT2D eigenvalue weighted by Gasteiger charge is 2.28. The summed E-state index contributed by atoms with van der Waals surface area (Å²) in [5.74, 6) is 1.88. The smallest absolute Gasteiger partial charge is 0.119 e. The van der Waals surface area contributed by atoms with Gasteiger partial charge in [-0.3, -0.25) is 0 Å². The Bertz CT molecular complexity index is 471. The lowest BCUT2D eigenvalue weighted by Gasteiger charge is -2.37. The van der Waals surface area contributed by atoms with Crippen LogP contribution in [-0.2, 0) is 6.42 Å². The summed E-state index contributed by atoms with van der Waals surface area (Å²) in [6.45, 7) is 2.35. The van der Waals surface area contributed by atoms with Gasteiger partial charge in [0.2, 0.25) is 0 Å². The number of hydrogen-bond donors (Lipinski definition) is 1. The highest BCUT2D eigenvalue weighted by atomic mass is 16.5. The second-order valence-electron chi connectivity index (χ2n) is 6.74. The SMILES string of the molecule is CCC1CCCCC1NC1CCCc2cc(OC)ccc21. The number of ether oxygens (including phenoxy) is 1. The van der Waals surface area contributed by atoms with E-state index in [4.69, 9.17) is 4.74 Å². The molecule has 2 heteroatoms. The molecule has 0 radical (unpaired) electrons. The van der Waals surface area contributed by atoms with E-state index in [-0.39, 0.29) is 0 Å². The van der Waals surface area contributed by atoms with E-state index in [1.165, 1.54) is 62.5 Å². The van der Waals surface area contributed by atoms with Gasteiger partial charge in [0.25, 0.3) is 0 Å². The molecular formula is C19H29NO. The maximum atomic E-state index is 5.38. The van der Waals surface area contributed by atoms with Gasteiger partial charge in [0, 0.05) is 12.1 Å². The van der Waals surface area contributed by atoms with Crippen LogP contribution in [0.4, 0.5) is 0 Å². The van der Waals surface area contributed by atoms with Crippen LogP contribution in [0, 0.1) is 5.92 Å². The number of aryl methyl sites for hydroxylation is 1. The molecular weight excluding hydrogens is 258 g/mol. The Morgan fingerprint density at radius 2 is 2.00 bits per heavy atom.